The Balaban J connectivity index is 3.25. The number of hydrogen-bond donors (Lipinski definition) is 0. The van der Waals surface area contributed by atoms with Gasteiger partial charge in [0.05, 0.1) is 0 Å². The molecule has 1 rings (SSSR count). The van der Waals surface area contributed by atoms with Gasteiger partial charge < -0.3 is 0 Å². The smallest absolute Gasteiger partial charge is 0.129 e. The molecule has 0 N–H and O–H groups in total. The van der Waals surface area contributed by atoms with Gasteiger partial charge in [0.2, 0.25) is 0 Å². The summed E-state index contributed by atoms with van der Waals surface area (Å²) in [7, 11) is 0. The van der Waals surface area contributed by atoms with Crippen molar-refractivity contribution in [2.24, 2.45) is 0 Å². The maximum Gasteiger partial charge on any atom is 0.129 e. The molecule has 0 fully saturated rings. The maximum absolute atomic E-state index is 12.3. The monoisotopic (exact) mass is 128 g/mol. The molecule has 48 valence electrons. The van der Waals surface area contributed by atoms with Crippen LogP contribution in [0.2, 0.25) is 0 Å². The SMILES string of the molecule is Cc1c(F)cccc1F. The molecular formula is C7H6F2. The van der Waals surface area contributed by atoms with Crippen LogP contribution in [0.15, 0.2) is 18.2 Å². The Labute approximate surface area is 52.1 Å². The van der Waals surface area contributed by atoms with E-state index in [1.807, 2.05) is 0 Å². The Morgan fingerprint density at radius 3 is 1.89 bits per heavy atom. The van der Waals surface area contributed by atoms with Crippen LogP contribution in [0.25, 0.3) is 0 Å². The van der Waals surface area contributed by atoms with Crippen LogP contribution in [0.3, 0.4) is 0 Å². The lowest BCUT2D eigenvalue weighted by Gasteiger charge is -1.94. The molecule has 0 radical (unpaired) electrons. The molecule has 0 saturated heterocycles. The van der Waals surface area contributed by atoms with Gasteiger partial charge >= 0.3 is 0 Å². The highest BCUT2D eigenvalue weighted by molar-refractivity contribution is 5.17. The normalized spacial score (nSPS) is 9.67. The first-order chi connectivity index (χ1) is 4.22. The van der Waals surface area contributed by atoms with Crippen LogP contribution in [0.4, 0.5) is 8.78 Å². The van der Waals surface area contributed by atoms with Crippen molar-refractivity contribution in [1.82, 2.24) is 0 Å². The Hall–Kier alpha value is -0.920. The molecule has 0 aliphatic rings. The third kappa shape index (κ3) is 1.07. The quantitative estimate of drug-likeness (QED) is 0.502. The fraction of sp³-hybridized carbons (Fsp3) is 0.143. The van der Waals surface area contributed by atoms with Gasteiger partial charge in [-0.15, -0.1) is 0 Å². The van der Waals surface area contributed by atoms with Gasteiger partial charge in [-0.1, -0.05) is 6.07 Å². The zero-order chi connectivity index (χ0) is 6.85. The summed E-state index contributed by atoms with van der Waals surface area (Å²) in [5.74, 6) is -0.981. The Morgan fingerprint density at radius 2 is 1.56 bits per heavy atom. The molecule has 1 aromatic rings. The van der Waals surface area contributed by atoms with E-state index in [1.54, 1.807) is 0 Å². The number of benzene rings is 1. The summed E-state index contributed by atoms with van der Waals surface area (Å²) < 4.78 is 24.7. The fourth-order valence-electron chi connectivity index (χ4n) is 0.581. The average molecular weight is 128 g/mol. The van der Waals surface area contributed by atoms with Gasteiger partial charge in [-0.05, 0) is 19.1 Å². The van der Waals surface area contributed by atoms with E-state index >= 15 is 0 Å². The van der Waals surface area contributed by atoms with Gasteiger partial charge in [0.15, 0.2) is 0 Å². The summed E-state index contributed by atoms with van der Waals surface area (Å²) in [6.07, 6.45) is 0. The highest BCUT2D eigenvalue weighted by Gasteiger charge is 1.99. The van der Waals surface area contributed by atoms with Crippen LogP contribution in [0, 0.1) is 18.6 Å². The van der Waals surface area contributed by atoms with Crippen molar-refractivity contribution in [2.75, 3.05) is 0 Å². The van der Waals surface area contributed by atoms with E-state index in [1.165, 1.54) is 25.1 Å². The zero-order valence-electron chi connectivity index (χ0n) is 4.99. The first-order valence-corrected chi connectivity index (χ1v) is 2.62. The standard InChI is InChI=1S/C7H6F2/c1-5-6(8)3-2-4-7(5)9/h2-4H,1H3. The summed E-state index contributed by atoms with van der Waals surface area (Å²) in [4.78, 5) is 0. The minimum absolute atomic E-state index is 0.0810. The van der Waals surface area contributed by atoms with Crippen LogP contribution in [0.1, 0.15) is 5.56 Å². The van der Waals surface area contributed by atoms with Gasteiger partial charge in [-0.3, -0.25) is 0 Å². The Morgan fingerprint density at radius 1 is 1.11 bits per heavy atom. The molecule has 0 aliphatic carbocycles. The first kappa shape index (κ1) is 6.20. The van der Waals surface area contributed by atoms with E-state index in [0.717, 1.165) is 0 Å². The van der Waals surface area contributed by atoms with E-state index < -0.39 is 11.6 Å². The third-order valence-corrected chi connectivity index (χ3v) is 1.20. The minimum Gasteiger partial charge on any atom is -0.207 e. The topological polar surface area (TPSA) is 0 Å². The average Bonchev–Trinajstić information content (AvgIpc) is 1.83. The second-order valence-electron chi connectivity index (χ2n) is 1.85. The molecule has 0 aliphatic heterocycles. The predicted octanol–water partition coefficient (Wildman–Crippen LogP) is 2.27. The number of hydrogen-bond acceptors (Lipinski definition) is 0. The Bertz CT molecular complexity index is 198. The molecule has 0 spiro atoms. The van der Waals surface area contributed by atoms with E-state index in [9.17, 15) is 8.78 Å². The third-order valence-electron chi connectivity index (χ3n) is 1.20. The van der Waals surface area contributed by atoms with Crippen LogP contribution in [-0.4, -0.2) is 0 Å². The number of rotatable bonds is 0. The van der Waals surface area contributed by atoms with Gasteiger partial charge in [0.1, 0.15) is 11.6 Å². The minimum atomic E-state index is -0.491. The molecular weight excluding hydrogens is 122 g/mol. The molecule has 0 nitrogen and oxygen atoms in total. The lowest BCUT2D eigenvalue weighted by atomic mass is 10.2. The summed E-state index contributed by atoms with van der Waals surface area (Å²) in [6, 6.07) is 3.81. The first-order valence-electron chi connectivity index (χ1n) is 2.62. The van der Waals surface area contributed by atoms with Gasteiger partial charge in [-0.25, -0.2) is 8.78 Å². The lowest BCUT2D eigenvalue weighted by molar-refractivity contribution is 0.568. The van der Waals surface area contributed by atoms with Crippen LogP contribution in [0.5, 0.6) is 0 Å². The van der Waals surface area contributed by atoms with Crippen LogP contribution < -0.4 is 0 Å². The van der Waals surface area contributed by atoms with Crippen LogP contribution >= 0.6 is 0 Å². The fourth-order valence-corrected chi connectivity index (χ4v) is 0.581. The molecule has 0 unspecified atom stereocenters. The maximum atomic E-state index is 12.3. The molecule has 9 heavy (non-hydrogen) atoms. The number of halogens is 2. The second kappa shape index (κ2) is 2.13. The van der Waals surface area contributed by atoms with E-state index in [4.69, 9.17) is 0 Å². The van der Waals surface area contributed by atoms with Crippen molar-refractivity contribution in [3.63, 3.8) is 0 Å². The molecule has 0 atom stereocenters. The summed E-state index contributed by atoms with van der Waals surface area (Å²) >= 11 is 0. The van der Waals surface area contributed by atoms with Crippen molar-refractivity contribution in [3.8, 4) is 0 Å². The lowest BCUT2D eigenvalue weighted by Crippen LogP contribution is -1.85. The van der Waals surface area contributed by atoms with Gasteiger partial charge in [0.25, 0.3) is 0 Å². The molecule has 1 aromatic carbocycles. The molecule has 2 heteroatoms. The molecule has 0 bridgehead atoms. The highest BCUT2D eigenvalue weighted by atomic mass is 19.1. The van der Waals surface area contributed by atoms with Crippen molar-refractivity contribution in [1.29, 1.82) is 0 Å². The summed E-state index contributed by atoms with van der Waals surface area (Å²) in [6.45, 7) is 1.41. The summed E-state index contributed by atoms with van der Waals surface area (Å²) in [5.41, 5.74) is 0.0810. The van der Waals surface area contributed by atoms with Crippen molar-refractivity contribution < 1.29 is 8.78 Å². The molecule has 0 saturated carbocycles. The van der Waals surface area contributed by atoms with E-state index in [-0.39, 0.29) is 5.56 Å². The Kier molecular flexibility index (Phi) is 1.47. The second-order valence-corrected chi connectivity index (χ2v) is 1.85. The van der Waals surface area contributed by atoms with Gasteiger partial charge in [-0.2, -0.15) is 0 Å². The van der Waals surface area contributed by atoms with Crippen LogP contribution in [-0.2, 0) is 0 Å². The molecule has 0 heterocycles. The summed E-state index contributed by atoms with van der Waals surface area (Å²) in [5, 5.41) is 0. The van der Waals surface area contributed by atoms with Gasteiger partial charge in [0, 0.05) is 5.56 Å². The molecule has 0 aromatic heterocycles. The predicted molar refractivity (Wildman–Crippen MR) is 31.1 cm³/mol. The molecule has 0 amide bonds. The van der Waals surface area contributed by atoms with Crippen molar-refractivity contribution in [3.05, 3.63) is 35.4 Å². The highest BCUT2D eigenvalue weighted by Crippen LogP contribution is 2.08. The zero-order valence-corrected chi connectivity index (χ0v) is 4.99. The largest absolute Gasteiger partial charge is 0.207 e. The van der Waals surface area contributed by atoms with Crippen molar-refractivity contribution >= 4 is 0 Å². The van der Waals surface area contributed by atoms with E-state index in [0.29, 0.717) is 0 Å². The van der Waals surface area contributed by atoms with E-state index in [2.05, 4.69) is 0 Å². The van der Waals surface area contributed by atoms with Crippen molar-refractivity contribution in [2.45, 2.75) is 6.92 Å².